The number of hydrogen-bond acceptors (Lipinski definition) is 4. The molecule has 0 radical (unpaired) electrons. The molecule has 1 heterocycles. The van der Waals surface area contributed by atoms with Crippen LogP contribution in [0.25, 0.3) is 0 Å². The fraction of sp³-hybridized carbons (Fsp3) is 0.214. The van der Waals surface area contributed by atoms with Crippen LogP contribution in [-0.2, 0) is 6.61 Å². The predicted molar refractivity (Wildman–Crippen MR) is 72.3 cm³/mol. The first-order chi connectivity index (χ1) is 9.08. The lowest BCUT2D eigenvalue weighted by Crippen LogP contribution is -2.27. The summed E-state index contributed by atoms with van der Waals surface area (Å²) in [4.78, 5) is 4.20. The Morgan fingerprint density at radius 2 is 2.00 bits per heavy atom. The van der Waals surface area contributed by atoms with Crippen molar-refractivity contribution in [1.29, 1.82) is 0 Å². The lowest BCUT2D eigenvalue weighted by atomic mass is 10.1. The van der Waals surface area contributed by atoms with Crippen molar-refractivity contribution in [1.82, 2.24) is 4.98 Å². The van der Waals surface area contributed by atoms with Crippen molar-refractivity contribution in [2.24, 2.45) is 5.84 Å². The number of hydrazine groups is 1. The van der Waals surface area contributed by atoms with Crippen molar-refractivity contribution >= 4 is 5.69 Å². The molecule has 0 saturated heterocycles. The molecule has 100 valence electrons. The molecule has 0 unspecified atom stereocenters. The summed E-state index contributed by atoms with van der Waals surface area (Å²) < 4.78 is 19.3. The lowest BCUT2D eigenvalue weighted by molar-refractivity contribution is 0.288. The van der Waals surface area contributed by atoms with Gasteiger partial charge in [-0.2, -0.15) is 0 Å². The molecule has 0 fully saturated rings. The average Bonchev–Trinajstić information content (AvgIpc) is 2.37. The summed E-state index contributed by atoms with van der Waals surface area (Å²) in [5.41, 5.74) is 1.85. The second-order valence-electron chi connectivity index (χ2n) is 4.25. The molecular formula is C14H16FN3O. The summed E-state index contributed by atoms with van der Waals surface area (Å²) in [6.45, 7) is 1.95. The van der Waals surface area contributed by atoms with Crippen LogP contribution in [0.1, 0.15) is 11.3 Å². The van der Waals surface area contributed by atoms with Gasteiger partial charge in [-0.15, -0.1) is 0 Å². The zero-order valence-electron chi connectivity index (χ0n) is 10.9. The molecule has 2 aromatic rings. The van der Waals surface area contributed by atoms with Gasteiger partial charge in [0.2, 0.25) is 5.88 Å². The normalized spacial score (nSPS) is 10.3. The molecule has 0 amide bonds. The van der Waals surface area contributed by atoms with Crippen LogP contribution in [-0.4, -0.2) is 12.0 Å². The lowest BCUT2D eigenvalue weighted by Gasteiger charge is -2.17. The number of nitrogens with two attached hydrogens (primary N) is 1. The largest absolute Gasteiger partial charge is 0.473 e. The van der Waals surface area contributed by atoms with E-state index in [4.69, 9.17) is 10.6 Å². The summed E-state index contributed by atoms with van der Waals surface area (Å²) in [6.07, 6.45) is 0. The van der Waals surface area contributed by atoms with Crippen molar-refractivity contribution in [2.75, 3.05) is 12.1 Å². The highest BCUT2D eigenvalue weighted by molar-refractivity contribution is 5.52. The maximum absolute atomic E-state index is 13.8. The molecule has 4 nitrogen and oxygen atoms in total. The molecule has 1 aromatic heterocycles. The van der Waals surface area contributed by atoms with E-state index >= 15 is 0 Å². The van der Waals surface area contributed by atoms with Gasteiger partial charge in [-0.3, -0.25) is 0 Å². The minimum Gasteiger partial charge on any atom is -0.473 e. The van der Waals surface area contributed by atoms with Gasteiger partial charge >= 0.3 is 0 Å². The van der Waals surface area contributed by atoms with Gasteiger partial charge in [0.25, 0.3) is 0 Å². The Balaban J connectivity index is 2.19. The van der Waals surface area contributed by atoms with Crippen molar-refractivity contribution in [2.45, 2.75) is 13.5 Å². The molecule has 0 aliphatic carbocycles. The van der Waals surface area contributed by atoms with Crippen LogP contribution in [0.15, 0.2) is 36.4 Å². The Hall–Kier alpha value is -2.14. The highest BCUT2D eigenvalue weighted by atomic mass is 19.1. The number of anilines is 1. The zero-order valence-corrected chi connectivity index (χ0v) is 10.9. The third-order valence-electron chi connectivity index (χ3n) is 2.70. The van der Waals surface area contributed by atoms with E-state index in [-0.39, 0.29) is 12.4 Å². The molecule has 19 heavy (non-hydrogen) atoms. The van der Waals surface area contributed by atoms with E-state index in [0.717, 1.165) is 5.69 Å². The summed E-state index contributed by atoms with van der Waals surface area (Å²) in [5.74, 6) is 5.79. The second-order valence-corrected chi connectivity index (χ2v) is 4.25. The SMILES string of the molecule is Cc1cccc(OCc2c(F)cccc2N(C)N)n1. The standard InChI is InChI=1S/C14H16FN3O/c1-10-5-3-8-14(17-10)19-9-11-12(15)6-4-7-13(11)18(2)16/h3-8H,9,16H2,1-2H3. The van der Waals surface area contributed by atoms with Gasteiger partial charge in [0, 0.05) is 24.4 Å². The molecule has 0 saturated carbocycles. The number of benzene rings is 1. The van der Waals surface area contributed by atoms with Crippen LogP contribution < -0.4 is 15.6 Å². The van der Waals surface area contributed by atoms with Crippen molar-refractivity contribution < 1.29 is 9.13 Å². The van der Waals surface area contributed by atoms with E-state index in [1.54, 1.807) is 25.2 Å². The molecule has 5 heteroatoms. The highest BCUT2D eigenvalue weighted by Crippen LogP contribution is 2.22. The van der Waals surface area contributed by atoms with Crippen molar-refractivity contribution in [3.05, 3.63) is 53.5 Å². The molecule has 2 rings (SSSR count). The number of halogens is 1. The fourth-order valence-electron chi connectivity index (χ4n) is 1.77. The summed E-state index contributed by atoms with van der Waals surface area (Å²) >= 11 is 0. The number of rotatable bonds is 4. The Kier molecular flexibility index (Phi) is 3.97. The summed E-state index contributed by atoms with van der Waals surface area (Å²) in [7, 11) is 1.66. The van der Waals surface area contributed by atoms with Crippen LogP contribution in [0.2, 0.25) is 0 Å². The van der Waals surface area contributed by atoms with Gasteiger partial charge in [0.05, 0.1) is 5.69 Å². The third-order valence-corrected chi connectivity index (χ3v) is 2.70. The summed E-state index contributed by atoms with van der Waals surface area (Å²) in [5, 5.41) is 1.37. The number of aryl methyl sites for hydroxylation is 1. The van der Waals surface area contributed by atoms with E-state index in [1.807, 2.05) is 19.1 Å². The maximum atomic E-state index is 13.8. The van der Waals surface area contributed by atoms with E-state index < -0.39 is 0 Å². The third kappa shape index (κ3) is 3.20. The van der Waals surface area contributed by atoms with Crippen LogP contribution in [0.5, 0.6) is 5.88 Å². The maximum Gasteiger partial charge on any atom is 0.213 e. The zero-order chi connectivity index (χ0) is 13.8. The quantitative estimate of drug-likeness (QED) is 0.678. The number of aromatic nitrogens is 1. The number of pyridine rings is 1. The Morgan fingerprint density at radius 3 is 2.68 bits per heavy atom. The minimum atomic E-state index is -0.345. The Labute approximate surface area is 111 Å². The Bertz CT molecular complexity index is 572. The van der Waals surface area contributed by atoms with Crippen LogP contribution in [0, 0.1) is 12.7 Å². The second kappa shape index (κ2) is 5.67. The first-order valence-corrected chi connectivity index (χ1v) is 5.90. The molecular weight excluding hydrogens is 245 g/mol. The number of nitrogens with zero attached hydrogens (tertiary/aromatic N) is 2. The predicted octanol–water partition coefficient (Wildman–Crippen LogP) is 2.42. The molecule has 0 atom stereocenters. The average molecular weight is 261 g/mol. The van der Waals surface area contributed by atoms with Crippen LogP contribution >= 0.6 is 0 Å². The van der Waals surface area contributed by atoms with Gasteiger partial charge < -0.3 is 9.75 Å². The monoisotopic (exact) mass is 261 g/mol. The number of hydrogen-bond donors (Lipinski definition) is 1. The smallest absolute Gasteiger partial charge is 0.213 e. The molecule has 0 bridgehead atoms. The van der Waals surface area contributed by atoms with Gasteiger partial charge in [-0.25, -0.2) is 15.2 Å². The number of ether oxygens (including phenoxy) is 1. The minimum absolute atomic E-state index is 0.0833. The highest BCUT2D eigenvalue weighted by Gasteiger charge is 2.11. The van der Waals surface area contributed by atoms with Crippen molar-refractivity contribution in [3.63, 3.8) is 0 Å². The van der Waals surface area contributed by atoms with E-state index in [1.165, 1.54) is 11.1 Å². The van der Waals surface area contributed by atoms with E-state index in [9.17, 15) is 4.39 Å². The Morgan fingerprint density at radius 1 is 1.26 bits per heavy atom. The molecule has 1 aromatic carbocycles. The molecule has 2 N–H and O–H groups in total. The van der Waals surface area contributed by atoms with E-state index in [2.05, 4.69) is 4.98 Å². The first-order valence-electron chi connectivity index (χ1n) is 5.90. The molecule has 0 spiro atoms. The topological polar surface area (TPSA) is 51.4 Å². The van der Waals surface area contributed by atoms with Crippen molar-refractivity contribution in [3.8, 4) is 5.88 Å². The molecule has 0 aliphatic rings. The van der Waals surface area contributed by atoms with Gasteiger partial charge in [-0.1, -0.05) is 12.1 Å². The summed E-state index contributed by atoms with van der Waals surface area (Å²) in [6, 6.07) is 10.2. The first kappa shape index (κ1) is 13.3. The van der Waals surface area contributed by atoms with Gasteiger partial charge in [-0.05, 0) is 25.1 Å². The van der Waals surface area contributed by atoms with E-state index in [0.29, 0.717) is 17.1 Å². The van der Waals surface area contributed by atoms with Gasteiger partial charge in [0.15, 0.2) is 0 Å². The fourth-order valence-corrected chi connectivity index (χ4v) is 1.77. The van der Waals surface area contributed by atoms with Gasteiger partial charge in [0.1, 0.15) is 12.4 Å². The van der Waals surface area contributed by atoms with Crippen LogP contribution in [0.3, 0.4) is 0 Å². The molecule has 0 aliphatic heterocycles. The van der Waals surface area contributed by atoms with Crippen LogP contribution in [0.4, 0.5) is 10.1 Å².